The summed E-state index contributed by atoms with van der Waals surface area (Å²) in [4.78, 5) is 0. The lowest BCUT2D eigenvalue weighted by Gasteiger charge is -2.31. The van der Waals surface area contributed by atoms with Gasteiger partial charge in [-0.05, 0) is 43.2 Å². The molecule has 0 aromatic heterocycles. The quantitative estimate of drug-likeness (QED) is 0.540. The van der Waals surface area contributed by atoms with Gasteiger partial charge in [0.1, 0.15) is 11.6 Å². The summed E-state index contributed by atoms with van der Waals surface area (Å²) in [6.07, 6.45) is 8.34. The molecule has 0 nitrogen and oxygen atoms in total. The van der Waals surface area contributed by atoms with Gasteiger partial charge >= 0.3 is 0 Å². The van der Waals surface area contributed by atoms with Crippen LogP contribution in [-0.4, -0.2) is 0 Å². The molecule has 1 fully saturated rings. The molecule has 1 unspecified atom stereocenters. The van der Waals surface area contributed by atoms with Crippen LogP contribution in [0.25, 0.3) is 0 Å². The zero-order chi connectivity index (χ0) is 15.4. The van der Waals surface area contributed by atoms with E-state index in [-0.39, 0.29) is 5.38 Å². The van der Waals surface area contributed by atoms with Crippen LogP contribution < -0.4 is 0 Å². The Kier molecular flexibility index (Phi) is 6.04. The lowest BCUT2D eigenvalue weighted by molar-refractivity contribution is 0.252. The zero-order valence-electron chi connectivity index (χ0n) is 13.0. The minimum absolute atomic E-state index is 0.309. The Hall–Kier alpha value is -0.630. The second-order valence-corrected chi connectivity index (χ2v) is 6.92. The second kappa shape index (κ2) is 7.58. The largest absolute Gasteiger partial charge is 0.207 e. The molecular weight excluding hydrogens is 290 g/mol. The summed E-state index contributed by atoms with van der Waals surface area (Å²) in [5.41, 5.74) is 0.932. The fraction of sp³-hybridized carbons (Fsp3) is 0.667. The maximum absolute atomic E-state index is 14.0. The molecule has 21 heavy (non-hydrogen) atoms. The first-order chi connectivity index (χ1) is 10.0. The van der Waals surface area contributed by atoms with Gasteiger partial charge in [0.2, 0.25) is 0 Å². The number of halogens is 3. The van der Waals surface area contributed by atoms with Crippen molar-refractivity contribution in [1.29, 1.82) is 0 Å². The Labute approximate surface area is 131 Å². The molecule has 0 N–H and O–H groups in total. The highest BCUT2D eigenvalue weighted by molar-refractivity contribution is 6.21. The molecule has 2 rings (SSSR count). The molecule has 1 aromatic rings. The number of benzene rings is 1. The Morgan fingerprint density at radius 2 is 1.81 bits per heavy atom. The minimum Gasteiger partial charge on any atom is -0.207 e. The molecule has 0 saturated heterocycles. The van der Waals surface area contributed by atoms with Crippen molar-refractivity contribution < 1.29 is 8.78 Å². The summed E-state index contributed by atoms with van der Waals surface area (Å²) < 4.78 is 27.3. The van der Waals surface area contributed by atoms with Crippen LogP contribution in [0.5, 0.6) is 0 Å². The minimum atomic E-state index is -0.508. The fourth-order valence-electron chi connectivity index (χ4n) is 3.41. The van der Waals surface area contributed by atoms with E-state index in [1.807, 2.05) is 0 Å². The first-order valence-electron chi connectivity index (χ1n) is 8.12. The van der Waals surface area contributed by atoms with Gasteiger partial charge in [0, 0.05) is 11.6 Å². The van der Waals surface area contributed by atoms with Gasteiger partial charge < -0.3 is 0 Å². The number of hydrogen-bond donors (Lipinski definition) is 0. The first kappa shape index (κ1) is 16.7. The van der Waals surface area contributed by atoms with E-state index in [9.17, 15) is 8.78 Å². The average molecular weight is 315 g/mol. The Morgan fingerprint density at radius 3 is 2.43 bits per heavy atom. The van der Waals surface area contributed by atoms with Crippen molar-refractivity contribution in [2.45, 2.75) is 64.2 Å². The Balaban J connectivity index is 1.99. The lowest BCUT2D eigenvalue weighted by Crippen LogP contribution is -2.19. The molecular formula is C18H25ClF2. The van der Waals surface area contributed by atoms with Gasteiger partial charge in [0.05, 0.1) is 5.38 Å². The van der Waals surface area contributed by atoms with Crippen LogP contribution in [0.15, 0.2) is 12.1 Å². The van der Waals surface area contributed by atoms with Gasteiger partial charge in [-0.3, -0.25) is 0 Å². The van der Waals surface area contributed by atoms with Crippen LogP contribution in [0.4, 0.5) is 8.78 Å². The molecule has 1 saturated carbocycles. The third-order valence-corrected chi connectivity index (χ3v) is 5.44. The van der Waals surface area contributed by atoms with Gasteiger partial charge in [-0.15, -0.1) is 11.6 Å². The number of hydrogen-bond acceptors (Lipinski definition) is 0. The van der Waals surface area contributed by atoms with E-state index in [4.69, 9.17) is 11.6 Å². The van der Waals surface area contributed by atoms with Crippen molar-refractivity contribution in [2.75, 3.05) is 0 Å². The van der Waals surface area contributed by atoms with Crippen LogP contribution in [0.3, 0.4) is 0 Å². The van der Waals surface area contributed by atoms with E-state index in [2.05, 4.69) is 6.92 Å². The highest BCUT2D eigenvalue weighted by Gasteiger charge is 2.29. The summed E-state index contributed by atoms with van der Waals surface area (Å²) >= 11 is 6.50. The average Bonchev–Trinajstić information content (AvgIpc) is 2.48. The zero-order valence-corrected chi connectivity index (χ0v) is 13.7. The number of unbranched alkanes of at least 4 members (excludes halogenated alkanes) is 1. The molecule has 0 spiro atoms. The second-order valence-electron chi connectivity index (χ2n) is 6.45. The van der Waals surface area contributed by atoms with Gasteiger partial charge in [0.15, 0.2) is 0 Å². The predicted molar refractivity (Wildman–Crippen MR) is 84.7 cm³/mol. The Bertz CT molecular complexity index is 465. The monoisotopic (exact) mass is 314 g/mol. The van der Waals surface area contributed by atoms with Crippen molar-refractivity contribution in [1.82, 2.24) is 0 Å². The van der Waals surface area contributed by atoms with E-state index in [0.29, 0.717) is 17.0 Å². The van der Waals surface area contributed by atoms with Crippen LogP contribution in [0, 0.1) is 30.4 Å². The molecule has 1 aromatic carbocycles. The van der Waals surface area contributed by atoms with Crippen molar-refractivity contribution in [3.05, 3.63) is 34.9 Å². The number of alkyl halides is 1. The van der Waals surface area contributed by atoms with Gasteiger partial charge in [-0.1, -0.05) is 39.0 Å². The van der Waals surface area contributed by atoms with Gasteiger partial charge in [-0.25, -0.2) is 8.78 Å². The molecule has 1 aliphatic carbocycles. The van der Waals surface area contributed by atoms with Crippen LogP contribution in [0.2, 0.25) is 0 Å². The first-order valence-corrected chi connectivity index (χ1v) is 8.56. The highest BCUT2D eigenvalue weighted by atomic mass is 35.5. The molecule has 0 aliphatic heterocycles. The van der Waals surface area contributed by atoms with E-state index < -0.39 is 11.6 Å². The molecule has 3 heteroatoms. The number of aryl methyl sites for hydroxylation is 1. The van der Waals surface area contributed by atoms with Crippen molar-refractivity contribution in [3.63, 3.8) is 0 Å². The summed E-state index contributed by atoms with van der Waals surface area (Å²) in [5.74, 6) is 0.114. The van der Waals surface area contributed by atoms with Crippen molar-refractivity contribution >= 4 is 11.6 Å². The number of rotatable bonds is 5. The topological polar surface area (TPSA) is 0 Å². The lowest BCUT2D eigenvalue weighted by atomic mass is 9.77. The normalized spacial score (nSPS) is 24.0. The van der Waals surface area contributed by atoms with E-state index in [1.54, 1.807) is 13.0 Å². The van der Waals surface area contributed by atoms with Crippen molar-refractivity contribution in [2.24, 2.45) is 11.8 Å². The van der Waals surface area contributed by atoms with Crippen LogP contribution in [-0.2, 0) is 0 Å². The summed E-state index contributed by atoms with van der Waals surface area (Å²) in [6.45, 7) is 3.88. The molecule has 118 valence electrons. The molecule has 0 heterocycles. The molecule has 0 amide bonds. The molecule has 1 aliphatic rings. The van der Waals surface area contributed by atoms with Gasteiger partial charge in [-0.2, -0.15) is 0 Å². The molecule has 1 atom stereocenters. The highest BCUT2D eigenvalue weighted by Crippen LogP contribution is 2.42. The maximum atomic E-state index is 14.0. The van der Waals surface area contributed by atoms with Crippen molar-refractivity contribution in [3.8, 4) is 0 Å². The van der Waals surface area contributed by atoms with E-state index in [1.165, 1.54) is 32.1 Å². The van der Waals surface area contributed by atoms with E-state index >= 15 is 0 Å². The summed E-state index contributed by atoms with van der Waals surface area (Å²) in [7, 11) is 0. The Morgan fingerprint density at radius 1 is 1.14 bits per heavy atom. The van der Waals surface area contributed by atoms with Gasteiger partial charge in [0.25, 0.3) is 0 Å². The summed E-state index contributed by atoms with van der Waals surface area (Å²) in [5, 5.41) is -0.337. The molecule has 0 bridgehead atoms. The van der Waals surface area contributed by atoms with E-state index in [0.717, 1.165) is 24.8 Å². The SMILES string of the molecule is CCCCC1CCC(C(Cl)c2cc(C)c(F)cc2F)CC1. The standard InChI is InChI=1S/C18H25ClF2/c1-3-4-5-13-6-8-14(9-7-13)18(19)15-10-12(2)16(20)11-17(15)21/h10-11,13-14,18H,3-9H2,1-2H3. The van der Waals surface area contributed by atoms with Crippen LogP contribution in [0.1, 0.15) is 68.4 Å². The predicted octanol–water partition coefficient (Wildman–Crippen LogP) is 6.55. The molecule has 0 radical (unpaired) electrons. The summed E-state index contributed by atoms with van der Waals surface area (Å²) in [6, 6.07) is 2.54. The maximum Gasteiger partial charge on any atom is 0.130 e. The smallest absolute Gasteiger partial charge is 0.130 e. The third-order valence-electron chi connectivity index (χ3n) is 4.85. The van der Waals surface area contributed by atoms with Crippen LogP contribution >= 0.6 is 11.6 Å². The third kappa shape index (κ3) is 4.18. The fourth-order valence-corrected chi connectivity index (χ4v) is 3.83.